The molecule has 4 aromatic rings. The Morgan fingerprint density at radius 3 is 2.61 bits per heavy atom. The van der Waals surface area contributed by atoms with Crippen LogP contribution in [0.15, 0.2) is 72.8 Å². The van der Waals surface area contributed by atoms with Gasteiger partial charge in [-0.3, -0.25) is 9.59 Å². The molecule has 0 bridgehead atoms. The Kier molecular flexibility index (Phi) is 6.33. The number of benzene rings is 3. The molecule has 2 aliphatic rings. The zero-order valence-electron chi connectivity index (χ0n) is 20.9. The van der Waals surface area contributed by atoms with Crippen LogP contribution in [0.2, 0.25) is 0 Å². The molecule has 1 amide bonds. The largest absolute Gasteiger partial charge is 0.494 e. The van der Waals surface area contributed by atoms with Gasteiger partial charge in [-0.25, -0.2) is 4.98 Å². The molecule has 7 nitrogen and oxygen atoms in total. The fourth-order valence-corrected chi connectivity index (χ4v) is 5.52. The van der Waals surface area contributed by atoms with E-state index in [4.69, 9.17) is 19.2 Å². The van der Waals surface area contributed by atoms with E-state index in [1.165, 1.54) is 11.3 Å². The minimum Gasteiger partial charge on any atom is -0.494 e. The van der Waals surface area contributed by atoms with Crippen molar-refractivity contribution in [3.8, 4) is 28.5 Å². The highest BCUT2D eigenvalue weighted by molar-refractivity contribution is 7.18. The Labute approximate surface area is 224 Å². The van der Waals surface area contributed by atoms with Crippen molar-refractivity contribution in [1.82, 2.24) is 4.98 Å². The predicted octanol–water partition coefficient (Wildman–Crippen LogP) is 6.23. The molecule has 2 heterocycles. The van der Waals surface area contributed by atoms with Crippen molar-refractivity contribution >= 4 is 28.2 Å². The van der Waals surface area contributed by atoms with E-state index in [0.29, 0.717) is 45.1 Å². The van der Waals surface area contributed by atoms with Crippen molar-refractivity contribution < 1.29 is 23.8 Å². The van der Waals surface area contributed by atoms with E-state index in [1.807, 2.05) is 67.6 Å². The van der Waals surface area contributed by atoms with Gasteiger partial charge >= 0.3 is 0 Å². The van der Waals surface area contributed by atoms with Crippen LogP contribution in [0.3, 0.4) is 0 Å². The highest BCUT2D eigenvalue weighted by Crippen LogP contribution is 2.51. The summed E-state index contributed by atoms with van der Waals surface area (Å²) >= 11 is 1.19. The molecule has 1 aliphatic carbocycles. The Bertz CT molecular complexity index is 1510. The molecule has 0 spiro atoms. The lowest BCUT2D eigenvalue weighted by atomic mass is 9.94. The average molecular weight is 527 g/mol. The number of nitrogens with one attached hydrogen (secondary N) is 1. The number of carbonyl (C=O) groups excluding carboxylic acids is 2. The maximum atomic E-state index is 13.7. The Hall–Kier alpha value is -4.17. The smallest absolute Gasteiger partial charge is 0.236 e. The third-order valence-electron chi connectivity index (χ3n) is 6.78. The number of nitrogens with zero attached hydrogens (tertiary/aromatic N) is 1. The molecule has 38 heavy (non-hydrogen) atoms. The van der Waals surface area contributed by atoms with Gasteiger partial charge in [-0.1, -0.05) is 66.8 Å². The quantitative estimate of drug-likeness (QED) is 0.260. The zero-order valence-corrected chi connectivity index (χ0v) is 21.7. The molecule has 1 N–H and O–H groups in total. The summed E-state index contributed by atoms with van der Waals surface area (Å²) in [7, 11) is 0. The number of hydrogen-bond acceptors (Lipinski definition) is 7. The number of carbonyl (C=O) groups is 2. The van der Waals surface area contributed by atoms with Crippen LogP contribution in [0.4, 0.5) is 5.13 Å². The molecule has 3 aromatic carbocycles. The molecule has 0 atom stereocenters. The Morgan fingerprint density at radius 2 is 1.82 bits per heavy atom. The third-order valence-corrected chi connectivity index (χ3v) is 7.75. The van der Waals surface area contributed by atoms with E-state index >= 15 is 0 Å². The first-order valence-corrected chi connectivity index (χ1v) is 13.4. The van der Waals surface area contributed by atoms with Crippen LogP contribution in [0, 0.1) is 0 Å². The van der Waals surface area contributed by atoms with Crippen molar-refractivity contribution in [2.75, 3.05) is 18.7 Å². The summed E-state index contributed by atoms with van der Waals surface area (Å²) in [4.78, 5) is 32.4. The molecule has 1 aliphatic heterocycles. The standard InChI is InChI=1S/C30H26N2O5S/c1-2-15-35-22-10-6-9-20(16-22)26(33)27-25(19-7-4-3-5-8-19)31-29(38-27)32-28(34)30(13-14-30)21-11-12-23-24(17-21)37-18-36-23/h3-12,16-17H,2,13-15,18H2,1H3,(H,31,32,34). The molecular weight excluding hydrogens is 500 g/mol. The predicted molar refractivity (Wildman–Crippen MR) is 145 cm³/mol. The van der Waals surface area contributed by atoms with E-state index in [9.17, 15) is 9.59 Å². The van der Waals surface area contributed by atoms with Crippen LogP contribution in [-0.4, -0.2) is 30.1 Å². The Balaban J connectivity index is 1.31. The molecule has 6 rings (SSSR count). The van der Waals surface area contributed by atoms with Crippen LogP contribution >= 0.6 is 11.3 Å². The molecule has 0 radical (unpaired) electrons. The first-order chi connectivity index (χ1) is 18.6. The molecule has 0 unspecified atom stereocenters. The number of aromatic nitrogens is 1. The van der Waals surface area contributed by atoms with E-state index in [-0.39, 0.29) is 18.5 Å². The number of ketones is 1. The second kappa shape index (κ2) is 9.95. The SMILES string of the molecule is CCCOc1cccc(C(=O)c2sc(NC(=O)C3(c4ccc5c(c4)OCO5)CC3)nc2-c2ccccc2)c1. The fourth-order valence-electron chi connectivity index (χ4n) is 4.58. The van der Waals surface area contributed by atoms with Crippen LogP contribution in [0.25, 0.3) is 11.3 Å². The lowest BCUT2D eigenvalue weighted by Crippen LogP contribution is -2.27. The molecule has 1 saturated carbocycles. The van der Waals surface area contributed by atoms with Crippen molar-refractivity contribution in [2.45, 2.75) is 31.6 Å². The van der Waals surface area contributed by atoms with Gasteiger partial charge in [-0.05, 0) is 49.1 Å². The second-order valence-electron chi connectivity index (χ2n) is 9.37. The molecule has 8 heteroatoms. The zero-order chi connectivity index (χ0) is 26.1. The van der Waals surface area contributed by atoms with Crippen LogP contribution in [0.5, 0.6) is 17.2 Å². The van der Waals surface area contributed by atoms with Gasteiger partial charge in [-0.2, -0.15) is 0 Å². The minimum atomic E-state index is -0.644. The van der Waals surface area contributed by atoms with Crippen LogP contribution < -0.4 is 19.5 Å². The average Bonchev–Trinajstić information content (AvgIpc) is 3.45. The lowest BCUT2D eigenvalue weighted by Gasteiger charge is -2.15. The number of hydrogen-bond donors (Lipinski definition) is 1. The summed E-state index contributed by atoms with van der Waals surface area (Å²) in [6, 6.07) is 22.4. The van der Waals surface area contributed by atoms with E-state index in [2.05, 4.69) is 5.32 Å². The topological polar surface area (TPSA) is 86.8 Å². The maximum Gasteiger partial charge on any atom is 0.236 e. The summed E-state index contributed by atoms with van der Waals surface area (Å²) in [5.74, 6) is 1.68. The summed E-state index contributed by atoms with van der Waals surface area (Å²) in [5, 5.41) is 3.40. The summed E-state index contributed by atoms with van der Waals surface area (Å²) < 4.78 is 16.7. The van der Waals surface area contributed by atoms with Gasteiger partial charge in [0, 0.05) is 11.1 Å². The molecule has 0 saturated heterocycles. The monoisotopic (exact) mass is 526 g/mol. The van der Waals surface area contributed by atoms with Crippen molar-refractivity contribution in [3.05, 3.63) is 88.8 Å². The summed E-state index contributed by atoms with van der Waals surface area (Å²) in [6.07, 6.45) is 2.33. The minimum absolute atomic E-state index is 0.140. The van der Waals surface area contributed by atoms with Crippen LogP contribution in [0.1, 0.15) is 47.0 Å². The number of amides is 1. The van der Waals surface area contributed by atoms with Crippen molar-refractivity contribution in [1.29, 1.82) is 0 Å². The number of fused-ring (bicyclic) bond motifs is 1. The van der Waals surface area contributed by atoms with Gasteiger partial charge in [0.1, 0.15) is 10.6 Å². The normalized spacial score (nSPS) is 14.7. The van der Waals surface area contributed by atoms with Gasteiger partial charge < -0.3 is 19.5 Å². The van der Waals surface area contributed by atoms with Gasteiger partial charge in [-0.15, -0.1) is 0 Å². The maximum absolute atomic E-state index is 13.7. The fraction of sp³-hybridized carbons (Fsp3) is 0.233. The van der Waals surface area contributed by atoms with Gasteiger partial charge in [0.2, 0.25) is 18.5 Å². The molecular formula is C30H26N2O5S. The number of thiazole rings is 1. The molecule has 192 valence electrons. The molecule has 1 aromatic heterocycles. The van der Waals surface area contributed by atoms with E-state index < -0.39 is 5.41 Å². The van der Waals surface area contributed by atoms with Gasteiger partial charge in [0.15, 0.2) is 16.6 Å². The van der Waals surface area contributed by atoms with E-state index in [1.54, 1.807) is 12.1 Å². The number of ether oxygens (including phenoxy) is 3. The Morgan fingerprint density at radius 1 is 1.00 bits per heavy atom. The van der Waals surface area contributed by atoms with Crippen molar-refractivity contribution in [2.24, 2.45) is 0 Å². The third kappa shape index (κ3) is 4.52. The number of anilines is 1. The lowest BCUT2D eigenvalue weighted by molar-refractivity contribution is -0.118. The molecule has 1 fully saturated rings. The van der Waals surface area contributed by atoms with Gasteiger partial charge in [0.25, 0.3) is 0 Å². The van der Waals surface area contributed by atoms with E-state index in [0.717, 1.165) is 30.4 Å². The summed E-state index contributed by atoms with van der Waals surface area (Å²) in [6.45, 7) is 2.80. The summed E-state index contributed by atoms with van der Waals surface area (Å²) in [5.41, 5.74) is 2.11. The van der Waals surface area contributed by atoms with Crippen LogP contribution in [-0.2, 0) is 10.2 Å². The first kappa shape index (κ1) is 24.2. The van der Waals surface area contributed by atoms with Gasteiger partial charge in [0.05, 0.1) is 17.7 Å². The highest BCUT2D eigenvalue weighted by atomic mass is 32.1. The second-order valence-corrected chi connectivity index (χ2v) is 10.4. The number of rotatable bonds is 9. The first-order valence-electron chi connectivity index (χ1n) is 12.6. The van der Waals surface area contributed by atoms with Crippen molar-refractivity contribution in [3.63, 3.8) is 0 Å². The highest BCUT2D eigenvalue weighted by Gasteiger charge is 2.52.